The highest BCUT2D eigenvalue weighted by molar-refractivity contribution is 9.10. The predicted molar refractivity (Wildman–Crippen MR) is 99.1 cm³/mol. The molecule has 0 aliphatic heterocycles. The van der Waals surface area contributed by atoms with Crippen LogP contribution >= 0.6 is 15.9 Å². The van der Waals surface area contributed by atoms with Crippen LogP contribution < -0.4 is 5.73 Å². The van der Waals surface area contributed by atoms with E-state index in [0.29, 0.717) is 5.56 Å². The van der Waals surface area contributed by atoms with Gasteiger partial charge in [-0.05, 0) is 37.6 Å². The van der Waals surface area contributed by atoms with Crippen LogP contribution in [0.4, 0.5) is 0 Å². The highest BCUT2D eigenvalue weighted by atomic mass is 79.9. The summed E-state index contributed by atoms with van der Waals surface area (Å²) in [5.41, 5.74) is 6.66. The van der Waals surface area contributed by atoms with Crippen LogP contribution in [-0.2, 0) is 14.6 Å². The zero-order valence-corrected chi connectivity index (χ0v) is 16.0. The molecule has 0 bridgehead atoms. The summed E-state index contributed by atoms with van der Waals surface area (Å²) < 4.78 is 26.2. The summed E-state index contributed by atoms with van der Waals surface area (Å²) in [6.07, 6.45) is -0.235. The van der Waals surface area contributed by atoms with Gasteiger partial charge in [-0.2, -0.15) is 0 Å². The molecule has 25 heavy (non-hydrogen) atoms. The van der Waals surface area contributed by atoms with Crippen LogP contribution in [0.3, 0.4) is 0 Å². The Hall–Kier alpha value is -1.99. The second-order valence-electron chi connectivity index (χ2n) is 5.72. The molecule has 0 saturated carbocycles. The zero-order valence-electron chi connectivity index (χ0n) is 13.6. The Morgan fingerprint density at radius 3 is 2.12 bits per heavy atom. The zero-order chi connectivity index (χ0) is 18.6. The lowest BCUT2D eigenvalue weighted by atomic mass is 10.1. The number of ketones is 1. The van der Waals surface area contributed by atoms with Crippen molar-refractivity contribution in [2.45, 2.75) is 29.9 Å². The van der Waals surface area contributed by atoms with Crippen molar-refractivity contribution in [3.63, 3.8) is 0 Å². The van der Waals surface area contributed by atoms with Crippen molar-refractivity contribution in [1.29, 1.82) is 0 Å². The molecule has 2 aromatic carbocycles. The van der Waals surface area contributed by atoms with Gasteiger partial charge < -0.3 is 5.73 Å². The minimum atomic E-state index is -3.94. The Morgan fingerprint density at radius 1 is 1.04 bits per heavy atom. The fourth-order valence-electron chi connectivity index (χ4n) is 2.38. The van der Waals surface area contributed by atoms with Crippen molar-refractivity contribution in [3.8, 4) is 0 Å². The molecule has 0 aromatic heterocycles. The maximum absolute atomic E-state index is 12.7. The van der Waals surface area contributed by atoms with Gasteiger partial charge in [-0.3, -0.25) is 9.59 Å². The quantitative estimate of drug-likeness (QED) is 0.692. The molecule has 0 fully saturated rings. The third-order valence-electron chi connectivity index (χ3n) is 3.84. The first kappa shape index (κ1) is 19.3. The first-order valence-electron chi connectivity index (χ1n) is 7.60. The molecule has 132 valence electrons. The van der Waals surface area contributed by atoms with E-state index in [9.17, 15) is 18.0 Å². The standard InChI is InChI=1S/C18H18BrNO4S/c1-12-2-8-15(9-3-12)25(23,24)17(18(20)22)11-10-16(21)13-4-6-14(19)7-5-13/h2-9,17H,10-11H2,1H3,(H2,20,22)/t17-/m1/s1. The first-order valence-corrected chi connectivity index (χ1v) is 9.94. The number of hydrogen-bond donors (Lipinski definition) is 1. The summed E-state index contributed by atoms with van der Waals surface area (Å²) in [6, 6.07) is 12.9. The molecule has 1 amide bonds. The van der Waals surface area contributed by atoms with E-state index in [4.69, 9.17) is 5.73 Å². The monoisotopic (exact) mass is 423 g/mol. The third kappa shape index (κ3) is 4.76. The van der Waals surface area contributed by atoms with E-state index in [-0.39, 0.29) is 23.5 Å². The Bertz CT molecular complexity index is 874. The van der Waals surface area contributed by atoms with Crippen LogP contribution in [0.5, 0.6) is 0 Å². The van der Waals surface area contributed by atoms with Crippen LogP contribution in [0, 0.1) is 6.92 Å². The number of aryl methyl sites for hydroxylation is 1. The topological polar surface area (TPSA) is 94.3 Å². The second kappa shape index (κ2) is 7.93. The fourth-order valence-corrected chi connectivity index (χ4v) is 4.23. The van der Waals surface area contributed by atoms with Gasteiger partial charge in [-0.1, -0.05) is 45.8 Å². The summed E-state index contributed by atoms with van der Waals surface area (Å²) in [5, 5.41) is -1.44. The number of Topliss-reactive ketones (excluding diaryl/α,β-unsaturated/α-hetero) is 1. The Kier molecular flexibility index (Phi) is 6.13. The number of rotatable bonds is 7. The lowest BCUT2D eigenvalue weighted by Crippen LogP contribution is -2.36. The molecule has 0 aliphatic carbocycles. The van der Waals surface area contributed by atoms with Gasteiger partial charge in [-0.25, -0.2) is 8.42 Å². The predicted octanol–water partition coefficient (Wildman–Crippen LogP) is 3.05. The lowest BCUT2D eigenvalue weighted by molar-refractivity contribution is -0.117. The molecule has 0 spiro atoms. The molecule has 0 unspecified atom stereocenters. The van der Waals surface area contributed by atoms with Gasteiger partial charge in [-0.15, -0.1) is 0 Å². The van der Waals surface area contributed by atoms with Crippen molar-refractivity contribution in [1.82, 2.24) is 0 Å². The van der Waals surface area contributed by atoms with Gasteiger partial charge >= 0.3 is 0 Å². The fraction of sp³-hybridized carbons (Fsp3) is 0.222. The number of nitrogens with two attached hydrogens (primary N) is 1. The van der Waals surface area contributed by atoms with Gasteiger partial charge in [0.25, 0.3) is 0 Å². The third-order valence-corrected chi connectivity index (χ3v) is 6.52. The van der Waals surface area contributed by atoms with Crippen LogP contribution in [0.25, 0.3) is 0 Å². The lowest BCUT2D eigenvalue weighted by Gasteiger charge is -2.14. The minimum absolute atomic E-state index is 0.0259. The van der Waals surface area contributed by atoms with Gasteiger partial charge in [0.15, 0.2) is 15.6 Å². The molecule has 7 heteroatoms. The smallest absolute Gasteiger partial charge is 0.236 e. The van der Waals surface area contributed by atoms with Crippen LogP contribution in [0.15, 0.2) is 57.9 Å². The van der Waals surface area contributed by atoms with Gasteiger partial charge in [0.2, 0.25) is 5.91 Å². The van der Waals surface area contributed by atoms with Gasteiger partial charge in [0.1, 0.15) is 5.25 Å². The maximum Gasteiger partial charge on any atom is 0.236 e. The molecule has 1 atom stereocenters. The number of benzene rings is 2. The normalized spacial score (nSPS) is 12.6. The summed E-state index contributed by atoms with van der Waals surface area (Å²) in [4.78, 5) is 24.0. The van der Waals surface area contributed by atoms with Crippen LogP contribution in [-0.4, -0.2) is 25.4 Å². The van der Waals surface area contributed by atoms with E-state index in [1.54, 1.807) is 36.4 Å². The average molecular weight is 424 g/mol. The number of primary amides is 1. The number of amides is 1. The molecule has 2 rings (SSSR count). The average Bonchev–Trinajstić information content (AvgIpc) is 2.55. The molecule has 0 saturated heterocycles. The van der Waals surface area contributed by atoms with Crippen molar-refractivity contribution in [2.75, 3.05) is 0 Å². The van der Waals surface area contributed by atoms with Gasteiger partial charge in [0, 0.05) is 16.5 Å². The maximum atomic E-state index is 12.7. The number of carbonyl (C=O) groups excluding carboxylic acids is 2. The van der Waals surface area contributed by atoms with E-state index in [2.05, 4.69) is 15.9 Å². The van der Waals surface area contributed by atoms with Crippen molar-refractivity contribution >= 4 is 37.5 Å². The Morgan fingerprint density at radius 2 is 1.60 bits per heavy atom. The van der Waals surface area contributed by atoms with Crippen molar-refractivity contribution in [2.24, 2.45) is 5.73 Å². The molecule has 2 N–H and O–H groups in total. The second-order valence-corrected chi connectivity index (χ2v) is 8.76. The molecule has 0 aliphatic rings. The van der Waals surface area contributed by atoms with Crippen molar-refractivity contribution < 1.29 is 18.0 Å². The number of hydrogen-bond acceptors (Lipinski definition) is 4. The molecular formula is C18H18BrNO4S. The van der Waals surface area contributed by atoms with Crippen molar-refractivity contribution in [3.05, 3.63) is 64.1 Å². The highest BCUT2D eigenvalue weighted by Gasteiger charge is 2.32. The molecule has 0 radical (unpaired) electrons. The Balaban J connectivity index is 2.18. The van der Waals surface area contributed by atoms with Crippen LogP contribution in [0.1, 0.15) is 28.8 Å². The van der Waals surface area contributed by atoms with E-state index in [1.165, 1.54) is 12.1 Å². The molecule has 2 aromatic rings. The summed E-state index contributed by atoms with van der Waals surface area (Å²) >= 11 is 3.28. The van der Waals surface area contributed by atoms with E-state index in [1.807, 2.05) is 6.92 Å². The van der Waals surface area contributed by atoms with E-state index >= 15 is 0 Å². The summed E-state index contributed by atoms with van der Waals surface area (Å²) in [6.45, 7) is 1.83. The van der Waals surface area contributed by atoms with E-state index in [0.717, 1.165) is 10.0 Å². The Labute approximate surface area is 155 Å². The van der Waals surface area contributed by atoms with E-state index < -0.39 is 21.0 Å². The SMILES string of the molecule is Cc1ccc(S(=O)(=O)[C@H](CCC(=O)c2ccc(Br)cc2)C(N)=O)cc1. The summed E-state index contributed by atoms with van der Waals surface area (Å²) in [7, 11) is -3.94. The van der Waals surface area contributed by atoms with Crippen LogP contribution in [0.2, 0.25) is 0 Å². The first-order chi connectivity index (χ1) is 11.7. The molecule has 0 heterocycles. The molecular weight excluding hydrogens is 406 g/mol. The minimum Gasteiger partial charge on any atom is -0.369 e. The summed E-state index contributed by atoms with van der Waals surface area (Å²) in [5.74, 6) is -1.19. The number of sulfone groups is 1. The van der Waals surface area contributed by atoms with Gasteiger partial charge in [0.05, 0.1) is 4.90 Å². The number of halogens is 1. The number of carbonyl (C=O) groups is 2. The highest BCUT2D eigenvalue weighted by Crippen LogP contribution is 2.21. The largest absolute Gasteiger partial charge is 0.369 e. The molecule has 5 nitrogen and oxygen atoms in total.